The lowest BCUT2D eigenvalue weighted by Gasteiger charge is -2.35. The molecule has 0 N–H and O–H groups in total. The van der Waals surface area contributed by atoms with Crippen molar-refractivity contribution in [3.05, 3.63) is 0 Å². The van der Waals surface area contributed by atoms with Crippen LogP contribution < -0.4 is 0 Å². The Hall–Kier alpha value is -0.160. The summed E-state index contributed by atoms with van der Waals surface area (Å²) in [6, 6.07) is 0. The van der Waals surface area contributed by atoms with Gasteiger partial charge in [0.1, 0.15) is 0 Å². The minimum Gasteiger partial charge on any atom is -0.376 e. The van der Waals surface area contributed by atoms with Gasteiger partial charge in [-0.25, -0.2) is 0 Å². The first-order valence-electron chi connectivity index (χ1n) is 8.88. The molecule has 0 saturated carbocycles. The Labute approximate surface area is 138 Å². The smallest absolute Gasteiger partial charge is 0.0598 e. The van der Waals surface area contributed by atoms with E-state index >= 15 is 0 Å². The average Bonchev–Trinajstić information content (AvgIpc) is 2.39. The Bertz CT molecular complexity index is 256. The summed E-state index contributed by atoms with van der Waals surface area (Å²) >= 11 is 0. The summed E-state index contributed by atoms with van der Waals surface area (Å²) in [4.78, 5) is 5.13. The number of nitrogens with zero attached hydrogens (tertiary/aromatic N) is 2. The maximum Gasteiger partial charge on any atom is 0.0598 e. The fourth-order valence-corrected chi connectivity index (χ4v) is 2.57. The molecule has 1 heterocycles. The van der Waals surface area contributed by atoms with Crippen molar-refractivity contribution in [2.24, 2.45) is 0 Å². The second-order valence-corrected chi connectivity index (χ2v) is 8.31. The number of hydrogen-bond acceptors (Lipinski definition) is 4. The van der Waals surface area contributed by atoms with Gasteiger partial charge in [0.2, 0.25) is 0 Å². The van der Waals surface area contributed by atoms with Crippen molar-refractivity contribution in [2.45, 2.75) is 65.6 Å². The van der Waals surface area contributed by atoms with Crippen LogP contribution in [0.4, 0.5) is 0 Å². The van der Waals surface area contributed by atoms with E-state index < -0.39 is 0 Å². The molecule has 22 heavy (non-hydrogen) atoms. The number of piperazine rings is 1. The number of hydrogen-bond donors (Lipinski definition) is 0. The first kappa shape index (κ1) is 19.9. The highest BCUT2D eigenvalue weighted by molar-refractivity contribution is 4.72. The Morgan fingerprint density at radius 1 is 0.636 bits per heavy atom. The third kappa shape index (κ3) is 10.5. The van der Waals surface area contributed by atoms with Gasteiger partial charge in [-0.3, -0.25) is 0 Å². The van der Waals surface area contributed by atoms with Crippen LogP contribution >= 0.6 is 0 Å². The van der Waals surface area contributed by atoms with E-state index in [2.05, 4.69) is 51.3 Å². The minimum atomic E-state index is -0.00613. The van der Waals surface area contributed by atoms with Crippen molar-refractivity contribution < 1.29 is 9.47 Å². The molecule has 1 fully saturated rings. The van der Waals surface area contributed by atoms with Gasteiger partial charge in [0.25, 0.3) is 0 Å². The predicted molar refractivity (Wildman–Crippen MR) is 93.5 cm³/mol. The molecular weight excluding hydrogens is 276 g/mol. The van der Waals surface area contributed by atoms with Crippen molar-refractivity contribution in [1.82, 2.24) is 9.80 Å². The quantitative estimate of drug-likeness (QED) is 0.643. The van der Waals surface area contributed by atoms with Gasteiger partial charge in [-0.15, -0.1) is 0 Å². The van der Waals surface area contributed by atoms with E-state index in [1.807, 2.05) is 0 Å². The molecule has 0 unspecified atom stereocenters. The first-order chi connectivity index (χ1) is 10.2. The molecule has 1 saturated heterocycles. The monoisotopic (exact) mass is 314 g/mol. The molecule has 1 aliphatic rings. The summed E-state index contributed by atoms with van der Waals surface area (Å²) in [7, 11) is 0. The number of rotatable bonds is 8. The van der Waals surface area contributed by atoms with E-state index in [4.69, 9.17) is 9.47 Å². The standard InChI is InChI=1S/C18H38N2O2/c1-17(2,3)21-15-7-9-19-11-13-20(14-12-19)10-8-16-22-18(4,5)6/h7-16H2,1-6H3. The van der Waals surface area contributed by atoms with Crippen LogP contribution in [0.2, 0.25) is 0 Å². The van der Waals surface area contributed by atoms with Crippen LogP contribution in [0.5, 0.6) is 0 Å². The molecule has 0 aromatic heterocycles. The van der Waals surface area contributed by atoms with Gasteiger partial charge in [0.15, 0.2) is 0 Å². The molecule has 0 aromatic carbocycles. The molecule has 1 aliphatic heterocycles. The van der Waals surface area contributed by atoms with Gasteiger partial charge in [0, 0.05) is 52.5 Å². The van der Waals surface area contributed by atoms with Gasteiger partial charge in [-0.05, 0) is 54.4 Å². The van der Waals surface area contributed by atoms with E-state index in [1.165, 1.54) is 26.2 Å². The zero-order chi connectivity index (χ0) is 16.6. The lowest BCUT2D eigenvalue weighted by Crippen LogP contribution is -2.47. The lowest BCUT2D eigenvalue weighted by molar-refractivity contribution is -0.0119. The topological polar surface area (TPSA) is 24.9 Å². The van der Waals surface area contributed by atoms with E-state index in [-0.39, 0.29) is 11.2 Å². The zero-order valence-corrected chi connectivity index (χ0v) is 15.8. The summed E-state index contributed by atoms with van der Waals surface area (Å²) in [5.74, 6) is 0. The Kier molecular flexibility index (Phi) is 8.33. The van der Waals surface area contributed by atoms with Crippen molar-refractivity contribution in [1.29, 1.82) is 0 Å². The number of ether oxygens (including phenoxy) is 2. The van der Waals surface area contributed by atoms with Crippen molar-refractivity contribution in [3.63, 3.8) is 0 Å². The van der Waals surface area contributed by atoms with Crippen LogP contribution in [-0.4, -0.2) is 73.5 Å². The van der Waals surface area contributed by atoms with Gasteiger partial charge in [0.05, 0.1) is 11.2 Å². The molecule has 4 nitrogen and oxygen atoms in total. The average molecular weight is 315 g/mol. The molecule has 0 atom stereocenters. The largest absolute Gasteiger partial charge is 0.376 e. The Balaban J connectivity index is 2.01. The summed E-state index contributed by atoms with van der Waals surface area (Å²) in [6.07, 6.45) is 2.27. The van der Waals surface area contributed by atoms with Gasteiger partial charge in [-0.2, -0.15) is 0 Å². The molecule has 0 radical (unpaired) electrons. The van der Waals surface area contributed by atoms with Crippen LogP contribution in [0.1, 0.15) is 54.4 Å². The highest BCUT2D eigenvalue weighted by Crippen LogP contribution is 2.09. The molecule has 132 valence electrons. The molecule has 0 amide bonds. The fourth-order valence-electron chi connectivity index (χ4n) is 2.57. The second-order valence-electron chi connectivity index (χ2n) is 8.31. The Morgan fingerprint density at radius 2 is 0.955 bits per heavy atom. The first-order valence-corrected chi connectivity index (χ1v) is 8.88. The molecule has 0 bridgehead atoms. The molecule has 0 aliphatic carbocycles. The second kappa shape index (κ2) is 9.21. The van der Waals surface area contributed by atoms with Crippen molar-refractivity contribution >= 4 is 0 Å². The van der Waals surface area contributed by atoms with E-state index in [1.54, 1.807) is 0 Å². The van der Waals surface area contributed by atoms with Crippen LogP contribution in [-0.2, 0) is 9.47 Å². The molecule has 1 rings (SSSR count). The molecular formula is C18H38N2O2. The third-order valence-corrected chi connectivity index (χ3v) is 3.77. The maximum atomic E-state index is 5.78. The van der Waals surface area contributed by atoms with Gasteiger partial charge < -0.3 is 19.3 Å². The maximum absolute atomic E-state index is 5.78. The zero-order valence-electron chi connectivity index (χ0n) is 15.8. The van der Waals surface area contributed by atoms with Crippen LogP contribution in [0.3, 0.4) is 0 Å². The van der Waals surface area contributed by atoms with Crippen LogP contribution in [0.15, 0.2) is 0 Å². The summed E-state index contributed by atoms with van der Waals surface area (Å²) in [6.45, 7) is 21.5. The van der Waals surface area contributed by atoms with E-state index in [9.17, 15) is 0 Å². The normalized spacial score (nSPS) is 18.8. The van der Waals surface area contributed by atoms with Crippen LogP contribution in [0, 0.1) is 0 Å². The lowest BCUT2D eigenvalue weighted by atomic mass is 10.2. The summed E-state index contributed by atoms with van der Waals surface area (Å²) < 4.78 is 11.6. The van der Waals surface area contributed by atoms with E-state index in [0.717, 1.165) is 39.1 Å². The summed E-state index contributed by atoms with van der Waals surface area (Å²) in [5.41, 5.74) is -0.0123. The highest BCUT2D eigenvalue weighted by Gasteiger charge is 2.17. The van der Waals surface area contributed by atoms with Crippen molar-refractivity contribution in [3.8, 4) is 0 Å². The molecule has 4 heteroatoms. The molecule has 0 spiro atoms. The molecule has 0 aromatic rings. The summed E-state index contributed by atoms with van der Waals surface area (Å²) in [5, 5.41) is 0. The van der Waals surface area contributed by atoms with Crippen LogP contribution in [0.25, 0.3) is 0 Å². The van der Waals surface area contributed by atoms with Gasteiger partial charge in [-0.1, -0.05) is 0 Å². The fraction of sp³-hybridized carbons (Fsp3) is 1.00. The SMILES string of the molecule is CC(C)(C)OCCCN1CCN(CCCOC(C)(C)C)CC1. The highest BCUT2D eigenvalue weighted by atomic mass is 16.5. The third-order valence-electron chi connectivity index (χ3n) is 3.77. The minimum absolute atomic E-state index is 0.00613. The van der Waals surface area contributed by atoms with Gasteiger partial charge >= 0.3 is 0 Å². The van der Waals surface area contributed by atoms with E-state index in [0.29, 0.717) is 0 Å². The predicted octanol–water partition coefficient (Wildman–Crippen LogP) is 3.01. The van der Waals surface area contributed by atoms with Crippen molar-refractivity contribution in [2.75, 3.05) is 52.5 Å². The Morgan fingerprint density at radius 3 is 1.23 bits per heavy atom.